The standard InChI is InChI=1S/C27H33ClN2O3/c1-27(2,3)33-26(32)29-16-20-14-15-22(18-8-9-18)24(30-20)25(31)19-12-10-17(11-13-19)21-6-4-5-7-23(21)28/h4-7,14-15,17-19H,8-13,16H2,1-3H3,(H,29,32). The fourth-order valence-corrected chi connectivity index (χ4v) is 4.96. The molecule has 1 N–H and O–H groups in total. The molecule has 2 aromatic rings. The van der Waals surface area contributed by atoms with Crippen LogP contribution in [-0.4, -0.2) is 22.5 Å². The summed E-state index contributed by atoms with van der Waals surface area (Å²) in [7, 11) is 0. The van der Waals surface area contributed by atoms with Crippen LogP contribution in [0.3, 0.4) is 0 Å². The van der Waals surface area contributed by atoms with Crippen LogP contribution in [0.25, 0.3) is 0 Å². The van der Waals surface area contributed by atoms with Crippen LogP contribution < -0.4 is 5.32 Å². The molecular weight excluding hydrogens is 436 g/mol. The molecule has 33 heavy (non-hydrogen) atoms. The Bertz CT molecular complexity index is 1020. The van der Waals surface area contributed by atoms with Crippen molar-refractivity contribution in [3.8, 4) is 0 Å². The molecule has 2 aliphatic carbocycles. The third kappa shape index (κ3) is 6.14. The van der Waals surface area contributed by atoms with Gasteiger partial charge in [-0.3, -0.25) is 4.79 Å². The lowest BCUT2D eigenvalue weighted by atomic mass is 9.76. The summed E-state index contributed by atoms with van der Waals surface area (Å²) in [5, 5.41) is 3.56. The van der Waals surface area contributed by atoms with Crippen LogP contribution in [0, 0.1) is 5.92 Å². The lowest BCUT2D eigenvalue weighted by Gasteiger charge is -2.28. The van der Waals surface area contributed by atoms with Gasteiger partial charge in [0.25, 0.3) is 0 Å². The van der Waals surface area contributed by atoms with Gasteiger partial charge < -0.3 is 10.1 Å². The lowest BCUT2D eigenvalue weighted by molar-refractivity contribution is 0.0523. The fraction of sp³-hybridized carbons (Fsp3) is 0.519. The second-order valence-electron chi connectivity index (χ2n) is 10.3. The number of Topliss-reactive ketones (excluding diaryl/α,β-unsaturated/α-hetero) is 1. The zero-order valence-corrected chi connectivity index (χ0v) is 20.5. The number of hydrogen-bond acceptors (Lipinski definition) is 4. The van der Waals surface area contributed by atoms with Crippen molar-refractivity contribution in [2.24, 2.45) is 5.92 Å². The number of alkyl carbamates (subject to hydrolysis) is 1. The van der Waals surface area contributed by atoms with Gasteiger partial charge in [0.05, 0.1) is 12.2 Å². The third-order valence-corrected chi connectivity index (χ3v) is 6.83. The molecule has 0 bridgehead atoms. The minimum atomic E-state index is -0.558. The summed E-state index contributed by atoms with van der Waals surface area (Å²) in [5.41, 5.74) is 2.98. The Hall–Kier alpha value is -2.40. The van der Waals surface area contributed by atoms with Crippen LogP contribution in [0.4, 0.5) is 4.79 Å². The largest absolute Gasteiger partial charge is 0.444 e. The van der Waals surface area contributed by atoms with Gasteiger partial charge in [0, 0.05) is 10.9 Å². The van der Waals surface area contributed by atoms with Gasteiger partial charge in [-0.15, -0.1) is 0 Å². The van der Waals surface area contributed by atoms with Crippen molar-refractivity contribution in [3.05, 3.63) is 63.9 Å². The molecule has 1 aromatic carbocycles. The first-order valence-electron chi connectivity index (χ1n) is 12.0. The molecule has 0 radical (unpaired) electrons. The van der Waals surface area contributed by atoms with Gasteiger partial charge in [0.2, 0.25) is 0 Å². The first-order valence-corrected chi connectivity index (χ1v) is 12.3. The van der Waals surface area contributed by atoms with Crippen LogP contribution >= 0.6 is 11.6 Å². The van der Waals surface area contributed by atoms with E-state index in [2.05, 4.69) is 11.4 Å². The number of halogens is 1. The number of carbonyl (C=O) groups is 2. The fourth-order valence-electron chi connectivity index (χ4n) is 4.67. The zero-order chi connectivity index (χ0) is 23.6. The van der Waals surface area contributed by atoms with E-state index in [0.717, 1.165) is 49.1 Å². The van der Waals surface area contributed by atoms with Crippen LogP contribution in [0.5, 0.6) is 0 Å². The summed E-state index contributed by atoms with van der Waals surface area (Å²) in [6.07, 6.45) is 5.34. The number of ether oxygens (including phenoxy) is 1. The number of nitrogens with one attached hydrogen (secondary N) is 1. The van der Waals surface area contributed by atoms with E-state index < -0.39 is 11.7 Å². The SMILES string of the molecule is CC(C)(C)OC(=O)NCc1ccc(C2CC2)c(C(=O)C2CCC(c3ccccc3Cl)CC2)n1. The van der Waals surface area contributed by atoms with Crippen LogP contribution in [-0.2, 0) is 11.3 Å². The van der Waals surface area contributed by atoms with Gasteiger partial charge in [0.1, 0.15) is 11.3 Å². The molecule has 176 valence electrons. The van der Waals surface area contributed by atoms with Crippen LogP contribution in [0.15, 0.2) is 36.4 Å². The third-order valence-electron chi connectivity index (χ3n) is 6.49. The summed E-state index contributed by atoms with van der Waals surface area (Å²) in [6, 6.07) is 12.0. The maximum absolute atomic E-state index is 13.5. The van der Waals surface area contributed by atoms with Crippen molar-refractivity contribution in [2.75, 3.05) is 0 Å². The smallest absolute Gasteiger partial charge is 0.407 e. The summed E-state index contributed by atoms with van der Waals surface area (Å²) in [4.78, 5) is 30.3. The molecule has 2 aliphatic rings. The lowest BCUT2D eigenvalue weighted by Crippen LogP contribution is -2.32. The predicted octanol–water partition coefficient (Wildman–Crippen LogP) is 6.79. The van der Waals surface area contributed by atoms with E-state index in [1.807, 2.05) is 51.1 Å². The zero-order valence-electron chi connectivity index (χ0n) is 19.7. The molecule has 2 fully saturated rings. The highest BCUT2D eigenvalue weighted by molar-refractivity contribution is 6.31. The average Bonchev–Trinajstić information content (AvgIpc) is 3.62. The Morgan fingerprint density at radius 1 is 0.970 bits per heavy atom. The van der Waals surface area contributed by atoms with Crippen molar-refractivity contribution in [1.29, 1.82) is 0 Å². The van der Waals surface area contributed by atoms with Crippen LogP contribution in [0.1, 0.15) is 98.4 Å². The highest BCUT2D eigenvalue weighted by Gasteiger charge is 2.34. The average molecular weight is 469 g/mol. The Labute approximate surface area is 201 Å². The van der Waals surface area contributed by atoms with Crippen molar-refractivity contribution < 1.29 is 14.3 Å². The highest BCUT2D eigenvalue weighted by atomic mass is 35.5. The van der Waals surface area contributed by atoms with Gasteiger partial charge >= 0.3 is 6.09 Å². The summed E-state index contributed by atoms with van der Waals surface area (Å²) < 4.78 is 5.30. The molecule has 0 spiro atoms. The first-order chi connectivity index (χ1) is 15.7. The van der Waals surface area contributed by atoms with Gasteiger partial charge in [-0.1, -0.05) is 35.9 Å². The van der Waals surface area contributed by atoms with Crippen LogP contribution in [0.2, 0.25) is 5.02 Å². The van der Waals surface area contributed by atoms with Gasteiger partial charge in [-0.2, -0.15) is 0 Å². The topological polar surface area (TPSA) is 68.3 Å². The van der Waals surface area contributed by atoms with E-state index in [-0.39, 0.29) is 18.2 Å². The van der Waals surface area contributed by atoms with Gasteiger partial charge in [-0.25, -0.2) is 9.78 Å². The normalized spacial score (nSPS) is 20.8. The first kappa shape index (κ1) is 23.7. The Balaban J connectivity index is 1.44. The monoisotopic (exact) mass is 468 g/mol. The van der Waals surface area contributed by atoms with E-state index in [0.29, 0.717) is 23.2 Å². The Kier molecular flexibility index (Phi) is 7.08. The maximum atomic E-state index is 13.5. The number of ketones is 1. The molecule has 5 nitrogen and oxygen atoms in total. The number of nitrogens with zero attached hydrogens (tertiary/aromatic N) is 1. The minimum Gasteiger partial charge on any atom is -0.444 e. The van der Waals surface area contributed by atoms with Gasteiger partial charge in [-0.05, 0) is 94.4 Å². The molecule has 0 saturated heterocycles. The highest BCUT2D eigenvalue weighted by Crippen LogP contribution is 2.44. The molecule has 2 saturated carbocycles. The molecule has 0 unspecified atom stereocenters. The molecule has 0 atom stereocenters. The van der Waals surface area contributed by atoms with E-state index in [1.54, 1.807) is 0 Å². The number of rotatable bonds is 6. The van der Waals surface area contributed by atoms with E-state index in [4.69, 9.17) is 21.3 Å². The second kappa shape index (κ2) is 9.84. The Morgan fingerprint density at radius 3 is 2.24 bits per heavy atom. The quantitative estimate of drug-likeness (QED) is 0.473. The van der Waals surface area contributed by atoms with Crippen molar-refractivity contribution in [2.45, 2.75) is 83.3 Å². The van der Waals surface area contributed by atoms with E-state index >= 15 is 0 Å². The molecule has 1 amide bonds. The summed E-state index contributed by atoms with van der Waals surface area (Å²) >= 11 is 6.40. The molecule has 1 heterocycles. The number of benzene rings is 1. The van der Waals surface area contributed by atoms with Crippen molar-refractivity contribution in [1.82, 2.24) is 10.3 Å². The minimum absolute atomic E-state index is 0.0113. The predicted molar refractivity (Wildman–Crippen MR) is 130 cm³/mol. The van der Waals surface area contributed by atoms with Crippen molar-refractivity contribution >= 4 is 23.5 Å². The van der Waals surface area contributed by atoms with E-state index in [9.17, 15) is 9.59 Å². The summed E-state index contributed by atoms with van der Waals surface area (Å²) in [5.74, 6) is 0.975. The van der Waals surface area contributed by atoms with Gasteiger partial charge in [0.15, 0.2) is 5.78 Å². The number of aromatic nitrogens is 1. The molecule has 0 aliphatic heterocycles. The van der Waals surface area contributed by atoms with Crippen molar-refractivity contribution in [3.63, 3.8) is 0 Å². The Morgan fingerprint density at radius 2 is 1.61 bits per heavy atom. The second-order valence-corrected chi connectivity index (χ2v) is 10.7. The number of carbonyl (C=O) groups excluding carboxylic acids is 2. The van der Waals surface area contributed by atoms with E-state index in [1.165, 1.54) is 5.56 Å². The molecular formula is C27H33ClN2O3. The number of hydrogen-bond donors (Lipinski definition) is 1. The number of pyridine rings is 1. The number of amides is 1. The maximum Gasteiger partial charge on any atom is 0.407 e. The molecule has 4 rings (SSSR count). The summed E-state index contributed by atoms with van der Waals surface area (Å²) in [6.45, 7) is 5.71. The molecule has 6 heteroatoms. The molecule has 1 aromatic heterocycles.